The highest BCUT2D eigenvalue weighted by atomic mass is 32.2. The van der Waals surface area contributed by atoms with Gasteiger partial charge in [0, 0.05) is 24.5 Å². The van der Waals surface area contributed by atoms with E-state index in [9.17, 15) is 8.42 Å². The van der Waals surface area contributed by atoms with Gasteiger partial charge in [0.25, 0.3) is 0 Å². The third-order valence-electron chi connectivity index (χ3n) is 2.50. The van der Waals surface area contributed by atoms with Gasteiger partial charge in [-0.05, 0) is 23.8 Å². The molecule has 4 nitrogen and oxygen atoms in total. The van der Waals surface area contributed by atoms with Gasteiger partial charge in [-0.15, -0.1) is 0 Å². The molecule has 1 heterocycles. The molecule has 0 radical (unpaired) electrons. The van der Waals surface area contributed by atoms with E-state index in [4.69, 9.17) is 0 Å². The third kappa shape index (κ3) is 2.57. The first-order chi connectivity index (χ1) is 8.65. The Labute approximate surface area is 107 Å². The molecule has 1 aromatic carbocycles. The molecule has 0 atom stereocenters. The second kappa shape index (κ2) is 5.29. The largest absolute Gasteiger partial charge is 0.265 e. The number of nitrogens with zero attached hydrogens (tertiary/aromatic N) is 1. The summed E-state index contributed by atoms with van der Waals surface area (Å²) in [5, 5.41) is 0. The molecule has 0 aliphatic rings. The zero-order valence-electron chi connectivity index (χ0n) is 10.00. The molecule has 5 heteroatoms. The van der Waals surface area contributed by atoms with Crippen LogP contribution in [0.2, 0.25) is 0 Å². The highest BCUT2D eigenvalue weighted by Crippen LogP contribution is 2.26. The highest BCUT2D eigenvalue weighted by molar-refractivity contribution is 7.89. The smallest absolute Gasteiger partial charge is 0.241 e. The summed E-state index contributed by atoms with van der Waals surface area (Å²) in [4.78, 5) is 4.22. The summed E-state index contributed by atoms with van der Waals surface area (Å²) in [6, 6.07) is 10.5. The van der Waals surface area contributed by atoms with Crippen LogP contribution < -0.4 is 4.72 Å². The highest BCUT2D eigenvalue weighted by Gasteiger charge is 2.17. The average Bonchev–Trinajstić information content (AvgIpc) is 2.40. The number of rotatable bonds is 4. The van der Waals surface area contributed by atoms with Crippen molar-refractivity contribution in [2.75, 3.05) is 6.54 Å². The summed E-state index contributed by atoms with van der Waals surface area (Å²) < 4.78 is 26.7. The Kier molecular flexibility index (Phi) is 3.74. The van der Waals surface area contributed by atoms with Crippen LogP contribution in [-0.2, 0) is 10.0 Å². The molecule has 1 N–H and O–H groups in total. The lowest BCUT2D eigenvalue weighted by molar-refractivity contribution is 0.584. The maximum atomic E-state index is 12.1. The fourth-order valence-corrected chi connectivity index (χ4v) is 3.01. The Morgan fingerprint density at radius 2 is 1.78 bits per heavy atom. The fraction of sp³-hybridized carbons (Fsp3) is 0.154. The number of sulfonamides is 1. The Hall–Kier alpha value is -1.72. The quantitative estimate of drug-likeness (QED) is 0.917. The number of pyridine rings is 1. The lowest BCUT2D eigenvalue weighted by atomic mass is 10.1. The van der Waals surface area contributed by atoms with Gasteiger partial charge in [-0.3, -0.25) is 4.98 Å². The summed E-state index contributed by atoms with van der Waals surface area (Å²) in [5.41, 5.74) is 1.52. The number of aromatic nitrogens is 1. The molecule has 18 heavy (non-hydrogen) atoms. The molecule has 1 aromatic heterocycles. The van der Waals surface area contributed by atoms with E-state index in [-0.39, 0.29) is 4.90 Å². The van der Waals surface area contributed by atoms with E-state index in [1.165, 1.54) is 0 Å². The van der Waals surface area contributed by atoms with E-state index in [1.807, 2.05) is 6.07 Å². The lowest BCUT2D eigenvalue weighted by Gasteiger charge is -2.10. The molecule has 0 amide bonds. The SMILES string of the molecule is CCNS(=O)(=O)c1ccccc1-c1ccncc1. The van der Waals surface area contributed by atoms with Crippen LogP contribution >= 0.6 is 0 Å². The summed E-state index contributed by atoms with van der Waals surface area (Å²) in [7, 11) is -3.46. The molecule has 0 spiro atoms. The molecule has 0 bridgehead atoms. The first-order valence-corrected chi connectivity index (χ1v) is 7.12. The van der Waals surface area contributed by atoms with Crippen molar-refractivity contribution in [1.82, 2.24) is 9.71 Å². The maximum Gasteiger partial charge on any atom is 0.241 e. The van der Waals surface area contributed by atoms with Gasteiger partial charge in [0.2, 0.25) is 10.0 Å². The molecule has 0 aliphatic heterocycles. The monoisotopic (exact) mass is 262 g/mol. The maximum absolute atomic E-state index is 12.1. The molecule has 0 fully saturated rings. The van der Waals surface area contributed by atoms with E-state index in [0.29, 0.717) is 12.1 Å². The van der Waals surface area contributed by atoms with Gasteiger partial charge in [-0.1, -0.05) is 25.1 Å². The first kappa shape index (κ1) is 12.7. The average molecular weight is 262 g/mol. The van der Waals surface area contributed by atoms with Gasteiger partial charge in [0.1, 0.15) is 0 Å². The van der Waals surface area contributed by atoms with Gasteiger partial charge in [-0.25, -0.2) is 13.1 Å². The molecule has 2 rings (SSSR count). The minimum Gasteiger partial charge on any atom is -0.265 e. The fourth-order valence-electron chi connectivity index (χ4n) is 1.74. The molecular weight excluding hydrogens is 248 g/mol. The first-order valence-electron chi connectivity index (χ1n) is 5.64. The van der Waals surface area contributed by atoms with Crippen LogP contribution in [0.25, 0.3) is 11.1 Å². The topological polar surface area (TPSA) is 59.1 Å². The minimum atomic E-state index is -3.46. The van der Waals surface area contributed by atoms with Crippen molar-refractivity contribution in [3.05, 3.63) is 48.8 Å². The minimum absolute atomic E-state index is 0.290. The zero-order valence-corrected chi connectivity index (χ0v) is 10.8. The van der Waals surface area contributed by atoms with E-state index < -0.39 is 10.0 Å². The lowest BCUT2D eigenvalue weighted by Crippen LogP contribution is -2.23. The van der Waals surface area contributed by atoms with Crippen molar-refractivity contribution in [2.45, 2.75) is 11.8 Å². The second-order valence-corrected chi connectivity index (χ2v) is 5.47. The van der Waals surface area contributed by atoms with Crippen molar-refractivity contribution in [3.63, 3.8) is 0 Å². The van der Waals surface area contributed by atoms with Crippen LogP contribution in [0.1, 0.15) is 6.92 Å². The van der Waals surface area contributed by atoms with Crippen molar-refractivity contribution >= 4 is 10.0 Å². The van der Waals surface area contributed by atoms with Crippen molar-refractivity contribution < 1.29 is 8.42 Å². The van der Waals surface area contributed by atoms with E-state index >= 15 is 0 Å². The van der Waals surface area contributed by atoms with Crippen LogP contribution in [0.5, 0.6) is 0 Å². The van der Waals surface area contributed by atoms with Gasteiger partial charge >= 0.3 is 0 Å². The van der Waals surface area contributed by atoms with Crippen molar-refractivity contribution in [3.8, 4) is 11.1 Å². The third-order valence-corrected chi connectivity index (χ3v) is 4.11. The molecule has 0 saturated carbocycles. The molecule has 0 unspecified atom stereocenters. The predicted octanol–water partition coefficient (Wildman–Crippen LogP) is 2.05. The molecule has 0 aliphatic carbocycles. The second-order valence-electron chi connectivity index (χ2n) is 3.73. The molecule has 2 aromatic rings. The Balaban J connectivity index is 2.58. The predicted molar refractivity (Wildman–Crippen MR) is 70.5 cm³/mol. The van der Waals surface area contributed by atoms with Crippen LogP contribution in [-0.4, -0.2) is 19.9 Å². The zero-order chi connectivity index (χ0) is 13.0. The van der Waals surface area contributed by atoms with E-state index in [1.54, 1.807) is 49.6 Å². The normalized spacial score (nSPS) is 11.4. The van der Waals surface area contributed by atoms with Gasteiger partial charge in [0.05, 0.1) is 4.90 Å². The number of nitrogens with one attached hydrogen (secondary N) is 1. The summed E-state index contributed by atoms with van der Waals surface area (Å²) in [6.45, 7) is 2.12. The van der Waals surface area contributed by atoms with Crippen molar-refractivity contribution in [2.24, 2.45) is 0 Å². The number of hydrogen-bond acceptors (Lipinski definition) is 3. The molecular formula is C13H14N2O2S. The van der Waals surface area contributed by atoms with Crippen LogP contribution in [0.4, 0.5) is 0 Å². The van der Waals surface area contributed by atoms with Crippen molar-refractivity contribution in [1.29, 1.82) is 0 Å². The van der Waals surface area contributed by atoms with Gasteiger partial charge in [0.15, 0.2) is 0 Å². The Bertz CT molecular complexity index is 624. The molecule has 0 saturated heterocycles. The number of benzene rings is 1. The summed E-state index contributed by atoms with van der Waals surface area (Å²) in [6.07, 6.45) is 3.29. The number of hydrogen-bond donors (Lipinski definition) is 1. The summed E-state index contributed by atoms with van der Waals surface area (Å²) >= 11 is 0. The van der Waals surface area contributed by atoms with Gasteiger partial charge in [-0.2, -0.15) is 0 Å². The van der Waals surface area contributed by atoms with Crippen LogP contribution in [0.3, 0.4) is 0 Å². The Morgan fingerprint density at radius 1 is 1.11 bits per heavy atom. The van der Waals surface area contributed by atoms with Crippen LogP contribution in [0, 0.1) is 0 Å². The summed E-state index contributed by atoms with van der Waals surface area (Å²) in [5.74, 6) is 0. The van der Waals surface area contributed by atoms with E-state index in [2.05, 4.69) is 9.71 Å². The van der Waals surface area contributed by atoms with Crippen LogP contribution in [0.15, 0.2) is 53.7 Å². The Morgan fingerprint density at radius 3 is 2.44 bits per heavy atom. The molecule has 94 valence electrons. The van der Waals surface area contributed by atoms with Gasteiger partial charge < -0.3 is 0 Å². The van der Waals surface area contributed by atoms with E-state index in [0.717, 1.165) is 5.56 Å². The standard InChI is InChI=1S/C13H14N2O2S/c1-2-15-18(16,17)13-6-4-3-5-12(13)11-7-9-14-10-8-11/h3-10,15H,2H2,1H3.